The first-order valence-corrected chi connectivity index (χ1v) is 5.97. The molecule has 20 heavy (non-hydrogen) atoms. The lowest BCUT2D eigenvalue weighted by Crippen LogP contribution is -2.21. The molecule has 3 rings (SSSR count). The number of phenols is 3. The number of ketones is 2. The Morgan fingerprint density at radius 1 is 0.750 bits per heavy atom. The summed E-state index contributed by atoms with van der Waals surface area (Å²) in [6.45, 7) is 0. The fourth-order valence-electron chi connectivity index (χ4n) is 2.28. The number of hydrogen-bond donors (Lipinski definition) is 3. The molecule has 0 bridgehead atoms. The van der Waals surface area contributed by atoms with E-state index in [4.69, 9.17) is 11.6 Å². The van der Waals surface area contributed by atoms with Crippen LogP contribution in [0.4, 0.5) is 0 Å². The summed E-state index contributed by atoms with van der Waals surface area (Å²) >= 11 is 5.73. The van der Waals surface area contributed by atoms with Crippen molar-refractivity contribution in [1.82, 2.24) is 0 Å². The summed E-state index contributed by atoms with van der Waals surface area (Å²) in [6.07, 6.45) is 0. The Hall–Kier alpha value is -2.53. The lowest BCUT2D eigenvalue weighted by Gasteiger charge is -2.20. The lowest BCUT2D eigenvalue weighted by molar-refractivity contribution is 0.0971. The van der Waals surface area contributed by atoms with Crippen LogP contribution in [0.15, 0.2) is 24.3 Å². The van der Waals surface area contributed by atoms with Gasteiger partial charge in [0.1, 0.15) is 17.2 Å². The van der Waals surface area contributed by atoms with Gasteiger partial charge in [-0.15, -0.1) is 0 Å². The second-order valence-corrected chi connectivity index (χ2v) is 4.74. The van der Waals surface area contributed by atoms with Gasteiger partial charge in [0.05, 0.1) is 21.7 Å². The third kappa shape index (κ3) is 1.44. The summed E-state index contributed by atoms with van der Waals surface area (Å²) < 4.78 is 0. The van der Waals surface area contributed by atoms with Crippen molar-refractivity contribution in [2.45, 2.75) is 0 Å². The average molecular weight is 291 g/mol. The molecule has 0 aromatic heterocycles. The number of phenolic OH excluding ortho intramolecular Hbond substituents is 3. The molecule has 0 radical (unpaired) electrons. The number of carbonyl (C=O) groups excluding carboxylic acids is 2. The van der Waals surface area contributed by atoms with Crippen LogP contribution in [0.5, 0.6) is 17.2 Å². The average Bonchev–Trinajstić information content (AvgIpc) is 2.41. The number of carbonyl (C=O) groups is 2. The zero-order valence-electron chi connectivity index (χ0n) is 9.85. The molecule has 0 heterocycles. The fraction of sp³-hybridized carbons (Fsp3) is 0. The van der Waals surface area contributed by atoms with E-state index in [9.17, 15) is 24.9 Å². The van der Waals surface area contributed by atoms with Gasteiger partial charge in [0.25, 0.3) is 0 Å². The molecule has 0 amide bonds. The van der Waals surface area contributed by atoms with Crippen molar-refractivity contribution in [3.05, 3.63) is 51.5 Å². The van der Waals surface area contributed by atoms with Gasteiger partial charge in [0.2, 0.25) is 5.78 Å². The monoisotopic (exact) mass is 290 g/mol. The highest BCUT2D eigenvalue weighted by Crippen LogP contribution is 2.42. The number of hydrogen-bond acceptors (Lipinski definition) is 5. The summed E-state index contributed by atoms with van der Waals surface area (Å²) in [7, 11) is 0. The van der Waals surface area contributed by atoms with Crippen LogP contribution in [-0.4, -0.2) is 26.9 Å². The van der Waals surface area contributed by atoms with Crippen LogP contribution < -0.4 is 0 Å². The van der Waals surface area contributed by atoms with E-state index in [1.165, 1.54) is 12.1 Å². The minimum Gasteiger partial charge on any atom is -0.507 e. The summed E-state index contributed by atoms with van der Waals surface area (Å²) in [4.78, 5) is 24.7. The van der Waals surface area contributed by atoms with Crippen molar-refractivity contribution in [3.8, 4) is 17.2 Å². The number of fused-ring (bicyclic) bond motifs is 2. The number of benzene rings is 2. The van der Waals surface area contributed by atoms with Crippen LogP contribution in [0.3, 0.4) is 0 Å². The van der Waals surface area contributed by atoms with E-state index >= 15 is 0 Å². The maximum Gasteiger partial charge on any atom is 0.202 e. The Bertz CT molecular complexity index is 791. The molecule has 1 aliphatic carbocycles. The van der Waals surface area contributed by atoms with Gasteiger partial charge in [0.15, 0.2) is 5.78 Å². The first kappa shape index (κ1) is 12.5. The summed E-state index contributed by atoms with van der Waals surface area (Å²) in [6, 6.07) is 4.81. The standard InChI is InChI=1S/C14H7ClO5/c15-6-2-1-5-9(13(6)19)14(20)11-8(17)4-3-7(16)10(11)12(5)18/h1-4,16-17,19H. The third-order valence-electron chi connectivity index (χ3n) is 3.22. The zero-order chi connectivity index (χ0) is 14.6. The largest absolute Gasteiger partial charge is 0.507 e. The smallest absolute Gasteiger partial charge is 0.202 e. The fourth-order valence-corrected chi connectivity index (χ4v) is 2.44. The SMILES string of the molecule is O=C1c2ccc(Cl)c(O)c2C(=O)c2c(O)ccc(O)c21. The van der Waals surface area contributed by atoms with Gasteiger partial charge in [-0.1, -0.05) is 11.6 Å². The predicted molar refractivity (Wildman–Crippen MR) is 69.8 cm³/mol. The quantitative estimate of drug-likeness (QED) is 0.552. The molecule has 0 aliphatic heterocycles. The van der Waals surface area contributed by atoms with Crippen LogP contribution in [0.1, 0.15) is 31.8 Å². The second kappa shape index (κ2) is 3.98. The minimum absolute atomic E-state index is 0.0645. The first-order chi connectivity index (χ1) is 9.43. The van der Waals surface area contributed by atoms with Crippen molar-refractivity contribution in [2.75, 3.05) is 0 Å². The first-order valence-electron chi connectivity index (χ1n) is 5.59. The molecule has 0 unspecified atom stereocenters. The number of rotatable bonds is 0. The topological polar surface area (TPSA) is 94.8 Å². The molecular weight excluding hydrogens is 284 g/mol. The van der Waals surface area contributed by atoms with Gasteiger partial charge in [-0.05, 0) is 24.3 Å². The molecular formula is C14H7ClO5. The number of halogens is 1. The van der Waals surface area contributed by atoms with E-state index in [-0.39, 0.29) is 27.3 Å². The van der Waals surface area contributed by atoms with E-state index in [1.807, 2.05) is 0 Å². The van der Waals surface area contributed by atoms with E-state index in [1.54, 1.807) is 0 Å². The van der Waals surface area contributed by atoms with Crippen molar-refractivity contribution in [3.63, 3.8) is 0 Å². The Labute approximate surface area is 117 Å². The molecule has 0 saturated carbocycles. The van der Waals surface area contributed by atoms with E-state index < -0.39 is 28.8 Å². The molecule has 0 saturated heterocycles. The molecule has 6 heteroatoms. The predicted octanol–water partition coefficient (Wildman–Crippen LogP) is 2.23. The Balaban J connectivity index is 2.43. The van der Waals surface area contributed by atoms with Crippen molar-refractivity contribution in [1.29, 1.82) is 0 Å². The van der Waals surface area contributed by atoms with Crippen LogP contribution in [0, 0.1) is 0 Å². The molecule has 2 aromatic carbocycles. The molecule has 2 aromatic rings. The van der Waals surface area contributed by atoms with Crippen LogP contribution in [-0.2, 0) is 0 Å². The van der Waals surface area contributed by atoms with Gasteiger partial charge >= 0.3 is 0 Å². The molecule has 0 fully saturated rings. The van der Waals surface area contributed by atoms with Crippen molar-refractivity contribution < 1.29 is 24.9 Å². The van der Waals surface area contributed by atoms with Crippen molar-refractivity contribution in [2.24, 2.45) is 0 Å². The maximum absolute atomic E-state index is 12.4. The summed E-state index contributed by atoms with van der Waals surface area (Å²) in [5, 5.41) is 29.3. The molecule has 100 valence electrons. The van der Waals surface area contributed by atoms with Crippen LogP contribution in [0.2, 0.25) is 5.02 Å². The third-order valence-corrected chi connectivity index (χ3v) is 3.52. The van der Waals surface area contributed by atoms with E-state index in [0.717, 1.165) is 12.1 Å². The Kier molecular flexibility index (Phi) is 2.49. The highest BCUT2D eigenvalue weighted by atomic mass is 35.5. The van der Waals surface area contributed by atoms with Gasteiger partial charge < -0.3 is 15.3 Å². The van der Waals surface area contributed by atoms with Gasteiger partial charge in [-0.3, -0.25) is 9.59 Å². The highest BCUT2D eigenvalue weighted by molar-refractivity contribution is 6.36. The van der Waals surface area contributed by atoms with Gasteiger partial charge in [-0.2, -0.15) is 0 Å². The minimum atomic E-state index is -0.761. The van der Waals surface area contributed by atoms with E-state index in [2.05, 4.69) is 0 Å². The second-order valence-electron chi connectivity index (χ2n) is 4.33. The van der Waals surface area contributed by atoms with Crippen LogP contribution >= 0.6 is 11.6 Å². The molecule has 3 N–H and O–H groups in total. The molecule has 0 atom stereocenters. The normalized spacial score (nSPS) is 13.1. The summed E-state index contributed by atoms with van der Waals surface area (Å²) in [5.74, 6) is -2.79. The van der Waals surface area contributed by atoms with E-state index in [0.29, 0.717) is 0 Å². The van der Waals surface area contributed by atoms with Gasteiger partial charge in [-0.25, -0.2) is 0 Å². The van der Waals surface area contributed by atoms with Crippen LogP contribution in [0.25, 0.3) is 0 Å². The number of aromatic hydroxyl groups is 3. The molecule has 5 nitrogen and oxygen atoms in total. The highest BCUT2D eigenvalue weighted by Gasteiger charge is 2.36. The lowest BCUT2D eigenvalue weighted by atomic mass is 9.82. The molecule has 1 aliphatic rings. The zero-order valence-corrected chi connectivity index (χ0v) is 10.6. The maximum atomic E-state index is 12.4. The molecule has 0 spiro atoms. The van der Waals surface area contributed by atoms with Gasteiger partial charge in [0, 0.05) is 5.56 Å². The Morgan fingerprint density at radius 3 is 1.90 bits per heavy atom. The Morgan fingerprint density at radius 2 is 1.30 bits per heavy atom. The van der Waals surface area contributed by atoms with Crippen molar-refractivity contribution >= 4 is 23.2 Å². The summed E-state index contributed by atoms with van der Waals surface area (Å²) in [5.41, 5.74) is -0.939.